The molecule has 1 saturated heterocycles. The molecule has 0 amide bonds. The maximum atomic E-state index is 13.6. The molecule has 0 aromatic heterocycles. The van der Waals surface area contributed by atoms with E-state index in [2.05, 4.69) is 5.32 Å². The summed E-state index contributed by atoms with van der Waals surface area (Å²) in [7, 11) is 1.56. The summed E-state index contributed by atoms with van der Waals surface area (Å²) < 4.78 is 11.0. The molecule has 1 heterocycles. The fraction of sp³-hybridized carbons (Fsp3) is 0.321. The molecule has 0 aliphatic carbocycles. The number of ether oxygens (including phenoxy) is 2. The number of esters is 1. The second kappa shape index (κ2) is 9.50. The summed E-state index contributed by atoms with van der Waals surface area (Å²) in [5.74, 6) is -0.700. The Morgan fingerprint density at radius 1 is 0.914 bits per heavy atom. The molecule has 4 rings (SSSR count). The summed E-state index contributed by atoms with van der Waals surface area (Å²) in [6.07, 6.45) is 0. The Morgan fingerprint density at radius 2 is 1.43 bits per heavy atom. The first-order chi connectivity index (χ1) is 16.7. The number of carbonyl (C=O) groups is 1. The number of nitrogens with one attached hydrogen (secondary N) is 1. The largest absolute Gasteiger partial charge is 0.497 e. The van der Waals surface area contributed by atoms with E-state index in [-0.39, 0.29) is 4.92 Å². The van der Waals surface area contributed by atoms with Crippen molar-refractivity contribution in [2.75, 3.05) is 7.11 Å². The van der Waals surface area contributed by atoms with Crippen LogP contribution in [0.25, 0.3) is 0 Å². The average molecular weight is 475 g/mol. The molecule has 1 aliphatic heterocycles. The van der Waals surface area contributed by atoms with Crippen molar-refractivity contribution in [2.24, 2.45) is 0 Å². The lowest BCUT2D eigenvalue weighted by Crippen LogP contribution is -2.51. The van der Waals surface area contributed by atoms with Crippen LogP contribution in [0.3, 0.4) is 0 Å². The van der Waals surface area contributed by atoms with Gasteiger partial charge in [-0.3, -0.25) is 20.2 Å². The maximum absolute atomic E-state index is 13.6. The molecule has 3 aromatic carbocycles. The van der Waals surface area contributed by atoms with Gasteiger partial charge < -0.3 is 9.47 Å². The zero-order chi connectivity index (χ0) is 25.2. The van der Waals surface area contributed by atoms with Crippen molar-refractivity contribution < 1.29 is 19.2 Å². The predicted molar refractivity (Wildman–Crippen MR) is 133 cm³/mol. The second-order valence-electron chi connectivity index (χ2n) is 9.72. The van der Waals surface area contributed by atoms with Crippen LogP contribution in [0.15, 0.2) is 84.9 Å². The molecule has 0 unspecified atom stereocenters. The van der Waals surface area contributed by atoms with Crippen LogP contribution in [-0.2, 0) is 15.1 Å². The highest BCUT2D eigenvalue weighted by Crippen LogP contribution is 2.48. The van der Waals surface area contributed by atoms with Gasteiger partial charge in [0.15, 0.2) is 0 Å². The van der Waals surface area contributed by atoms with Gasteiger partial charge in [0, 0.05) is 4.92 Å². The minimum Gasteiger partial charge on any atom is -0.497 e. The topological polar surface area (TPSA) is 90.7 Å². The lowest BCUT2D eigenvalue weighted by molar-refractivity contribution is -0.533. The highest BCUT2D eigenvalue weighted by molar-refractivity contribution is 5.79. The van der Waals surface area contributed by atoms with Crippen molar-refractivity contribution in [3.05, 3.63) is 112 Å². The van der Waals surface area contributed by atoms with Gasteiger partial charge >= 0.3 is 5.97 Å². The average Bonchev–Trinajstić information content (AvgIpc) is 3.22. The van der Waals surface area contributed by atoms with Gasteiger partial charge in [0.1, 0.15) is 22.9 Å². The third-order valence-electron chi connectivity index (χ3n) is 6.37. The van der Waals surface area contributed by atoms with Crippen molar-refractivity contribution in [2.45, 2.75) is 49.9 Å². The zero-order valence-corrected chi connectivity index (χ0v) is 20.3. The molecule has 7 nitrogen and oxygen atoms in total. The van der Waals surface area contributed by atoms with Crippen molar-refractivity contribution in [3.8, 4) is 5.75 Å². The maximum Gasteiger partial charge on any atom is 0.324 e. The number of rotatable bonds is 6. The van der Waals surface area contributed by atoms with Crippen molar-refractivity contribution in [1.82, 2.24) is 5.32 Å². The van der Waals surface area contributed by atoms with E-state index < -0.39 is 35.1 Å². The van der Waals surface area contributed by atoms with Crippen LogP contribution in [0.5, 0.6) is 5.75 Å². The highest BCUT2D eigenvalue weighted by atomic mass is 16.6. The minimum absolute atomic E-state index is 0.272. The SMILES string of the molecule is COc1ccc([C@@H]2[C@@H](C(=O)OC(C)(C)C)NC(c3ccccc3)(c3ccccc3)[C@H]2[N+](=O)[O-])cc1. The third kappa shape index (κ3) is 4.64. The Hall–Kier alpha value is -3.71. The molecule has 35 heavy (non-hydrogen) atoms. The predicted octanol–water partition coefficient (Wildman–Crippen LogP) is 4.68. The van der Waals surface area contributed by atoms with E-state index in [0.717, 1.165) is 0 Å². The number of hydrogen-bond donors (Lipinski definition) is 1. The van der Waals surface area contributed by atoms with E-state index in [1.807, 2.05) is 60.7 Å². The summed E-state index contributed by atoms with van der Waals surface area (Å²) in [5.41, 5.74) is 0.0514. The van der Waals surface area contributed by atoms with E-state index in [9.17, 15) is 14.9 Å². The molecule has 182 valence electrons. The van der Waals surface area contributed by atoms with Crippen LogP contribution >= 0.6 is 0 Å². The molecule has 0 spiro atoms. The quantitative estimate of drug-likeness (QED) is 0.317. The smallest absolute Gasteiger partial charge is 0.324 e. The van der Waals surface area contributed by atoms with Gasteiger partial charge in [0.05, 0.1) is 13.0 Å². The van der Waals surface area contributed by atoms with Gasteiger partial charge in [-0.25, -0.2) is 0 Å². The van der Waals surface area contributed by atoms with Gasteiger partial charge in [-0.1, -0.05) is 72.8 Å². The molecule has 1 aliphatic rings. The fourth-order valence-electron chi connectivity index (χ4n) is 5.01. The first-order valence-corrected chi connectivity index (χ1v) is 11.6. The summed E-state index contributed by atoms with van der Waals surface area (Å²) in [5, 5.41) is 16.3. The van der Waals surface area contributed by atoms with Gasteiger partial charge in [0.2, 0.25) is 6.04 Å². The van der Waals surface area contributed by atoms with E-state index in [1.165, 1.54) is 0 Å². The molecular formula is C28H30N2O5. The van der Waals surface area contributed by atoms with Crippen LogP contribution in [0.4, 0.5) is 0 Å². The Morgan fingerprint density at radius 3 is 1.86 bits per heavy atom. The summed E-state index contributed by atoms with van der Waals surface area (Å²) in [6, 6.07) is 23.5. The van der Waals surface area contributed by atoms with Gasteiger partial charge in [-0.15, -0.1) is 0 Å². The molecule has 0 saturated carbocycles. The van der Waals surface area contributed by atoms with Crippen molar-refractivity contribution >= 4 is 5.97 Å². The normalized spacial score (nSPS) is 21.3. The first kappa shape index (κ1) is 24.4. The highest BCUT2D eigenvalue weighted by Gasteiger charge is 2.64. The second-order valence-corrected chi connectivity index (χ2v) is 9.72. The molecule has 1 fully saturated rings. The minimum atomic E-state index is -1.27. The number of carbonyl (C=O) groups excluding carboxylic acids is 1. The fourth-order valence-corrected chi connectivity index (χ4v) is 5.01. The van der Waals surface area contributed by atoms with E-state index >= 15 is 0 Å². The van der Waals surface area contributed by atoms with E-state index in [1.54, 1.807) is 52.1 Å². The Labute approximate surface area is 205 Å². The number of nitro groups is 1. The van der Waals surface area contributed by atoms with Crippen LogP contribution in [-0.4, -0.2) is 35.7 Å². The monoisotopic (exact) mass is 474 g/mol. The van der Waals surface area contributed by atoms with Crippen LogP contribution in [0.1, 0.15) is 43.4 Å². The van der Waals surface area contributed by atoms with E-state index in [4.69, 9.17) is 9.47 Å². The lowest BCUT2D eigenvalue weighted by Gasteiger charge is -2.33. The molecule has 1 N–H and O–H groups in total. The van der Waals surface area contributed by atoms with Gasteiger partial charge in [0.25, 0.3) is 0 Å². The Bertz CT molecular complexity index is 1130. The van der Waals surface area contributed by atoms with Crippen LogP contribution < -0.4 is 10.1 Å². The zero-order valence-electron chi connectivity index (χ0n) is 20.3. The molecule has 3 atom stereocenters. The van der Waals surface area contributed by atoms with Gasteiger partial charge in [-0.05, 0) is 49.6 Å². The van der Waals surface area contributed by atoms with Crippen LogP contribution in [0.2, 0.25) is 0 Å². The summed E-state index contributed by atoms with van der Waals surface area (Å²) >= 11 is 0. The van der Waals surface area contributed by atoms with E-state index in [0.29, 0.717) is 22.4 Å². The Balaban J connectivity index is 1.97. The standard InChI is InChI=1S/C28H30N2O5/c1-27(2,3)35-26(31)24-23(19-15-17-22(34-4)18-16-19)25(30(32)33)28(29-24,20-11-7-5-8-12-20)21-13-9-6-10-14-21/h5-18,23-25,29H,1-4H3/t23-,24+,25+/m1/s1. The van der Waals surface area contributed by atoms with Crippen molar-refractivity contribution in [3.63, 3.8) is 0 Å². The number of benzene rings is 3. The molecular weight excluding hydrogens is 444 g/mol. The summed E-state index contributed by atoms with van der Waals surface area (Å²) in [6.45, 7) is 5.36. The van der Waals surface area contributed by atoms with Crippen LogP contribution in [0, 0.1) is 10.1 Å². The summed E-state index contributed by atoms with van der Waals surface area (Å²) in [4.78, 5) is 26.2. The lowest BCUT2D eigenvalue weighted by atomic mass is 9.74. The third-order valence-corrected chi connectivity index (χ3v) is 6.37. The van der Waals surface area contributed by atoms with Gasteiger partial charge in [-0.2, -0.15) is 0 Å². The molecule has 7 heteroatoms. The molecule has 3 aromatic rings. The number of hydrogen-bond acceptors (Lipinski definition) is 6. The molecule has 0 bridgehead atoms. The Kier molecular flexibility index (Phi) is 6.63. The first-order valence-electron chi connectivity index (χ1n) is 11.6. The number of methoxy groups -OCH3 is 1. The molecule has 0 radical (unpaired) electrons. The van der Waals surface area contributed by atoms with Crippen molar-refractivity contribution in [1.29, 1.82) is 0 Å². The number of nitrogens with zero attached hydrogens (tertiary/aromatic N) is 1.